The summed E-state index contributed by atoms with van der Waals surface area (Å²) in [4.78, 5) is 16.3. The van der Waals surface area contributed by atoms with Gasteiger partial charge in [-0.25, -0.2) is 4.79 Å². The number of halogens is 3. The third-order valence-corrected chi connectivity index (χ3v) is 4.62. The summed E-state index contributed by atoms with van der Waals surface area (Å²) < 4.78 is 46.4. The van der Waals surface area contributed by atoms with E-state index < -0.39 is 12.0 Å². The Morgan fingerprint density at radius 1 is 1.18 bits per heavy atom. The van der Waals surface area contributed by atoms with E-state index in [9.17, 15) is 18.0 Å². The first-order valence-corrected chi connectivity index (χ1v) is 9.49. The number of benzene rings is 1. The second-order valence-corrected chi connectivity index (χ2v) is 8.05. The number of piperazine rings is 1. The zero-order chi connectivity index (χ0) is 21.1. The Hall–Kier alpha value is -1.96. The highest BCUT2D eigenvalue weighted by atomic mass is 19.4. The van der Waals surface area contributed by atoms with Crippen LogP contribution in [-0.4, -0.2) is 53.5 Å². The van der Waals surface area contributed by atoms with Gasteiger partial charge in [0.25, 0.3) is 0 Å². The number of carbonyl (C=O) groups excluding carboxylic acids is 1. The van der Waals surface area contributed by atoms with Crippen LogP contribution >= 0.6 is 0 Å². The molecule has 2 unspecified atom stereocenters. The van der Waals surface area contributed by atoms with Crippen LogP contribution in [0.15, 0.2) is 24.3 Å². The topological polar surface area (TPSA) is 42.0 Å². The molecule has 1 aliphatic rings. The van der Waals surface area contributed by atoms with E-state index in [1.807, 2.05) is 34.6 Å². The fourth-order valence-electron chi connectivity index (χ4n) is 3.48. The maximum absolute atomic E-state index is 12.3. The predicted molar refractivity (Wildman–Crippen MR) is 100 cm³/mol. The van der Waals surface area contributed by atoms with Crippen LogP contribution in [0, 0.1) is 0 Å². The number of rotatable bonds is 4. The normalized spacial score (nSPS) is 20.0. The lowest BCUT2D eigenvalue weighted by Crippen LogP contribution is -2.55. The van der Waals surface area contributed by atoms with E-state index in [0.717, 1.165) is 12.0 Å². The summed E-state index contributed by atoms with van der Waals surface area (Å²) in [6.07, 6.45) is -4.21. The van der Waals surface area contributed by atoms with Crippen molar-refractivity contribution in [1.29, 1.82) is 0 Å². The number of ether oxygens (including phenoxy) is 2. The molecule has 5 nitrogen and oxygen atoms in total. The predicted octanol–water partition coefficient (Wildman–Crippen LogP) is 4.98. The minimum absolute atomic E-state index is 0.0516. The molecule has 0 aliphatic carbocycles. The van der Waals surface area contributed by atoms with Gasteiger partial charge in [0.2, 0.25) is 0 Å². The van der Waals surface area contributed by atoms with Crippen molar-refractivity contribution in [2.24, 2.45) is 0 Å². The van der Waals surface area contributed by atoms with E-state index in [2.05, 4.69) is 9.64 Å². The second-order valence-electron chi connectivity index (χ2n) is 8.05. The van der Waals surface area contributed by atoms with E-state index in [1.54, 1.807) is 17.0 Å². The number of carbonyl (C=O) groups is 1. The standard InChI is InChI=1S/C20H29F3N2O3/c1-6-17(15-7-9-16(10-8-15)27-20(21,22)23)25-12-11-24(13-14(25)2)18(26)28-19(3,4)5/h7-10,14,17H,6,11-13H2,1-5H3. The maximum atomic E-state index is 12.3. The van der Waals surface area contributed by atoms with E-state index >= 15 is 0 Å². The molecule has 158 valence electrons. The highest BCUT2D eigenvalue weighted by Crippen LogP contribution is 2.31. The van der Waals surface area contributed by atoms with Crippen LogP contribution in [0.4, 0.5) is 18.0 Å². The molecule has 8 heteroatoms. The maximum Gasteiger partial charge on any atom is 0.573 e. The number of hydrogen-bond donors (Lipinski definition) is 0. The molecule has 1 aromatic rings. The lowest BCUT2D eigenvalue weighted by Gasteiger charge is -2.44. The van der Waals surface area contributed by atoms with Crippen molar-refractivity contribution in [1.82, 2.24) is 9.80 Å². The van der Waals surface area contributed by atoms with Crippen LogP contribution in [0.2, 0.25) is 0 Å². The molecule has 2 atom stereocenters. The molecule has 0 N–H and O–H groups in total. The minimum Gasteiger partial charge on any atom is -0.444 e. The Morgan fingerprint density at radius 3 is 2.25 bits per heavy atom. The lowest BCUT2D eigenvalue weighted by atomic mass is 9.99. The molecular weight excluding hydrogens is 373 g/mol. The van der Waals surface area contributed by atoms with Gasteiger partial charge in [-0.1, -0.05) is 19.1 Å². The zero-order valence-corrected chi connectivity index (χ0v) is 17.0. The van der Waals surface area contributed by atoms with Crippen LogP contribution in [0.3, 0.4) is 0 Å². The number of alkyl halides is 3. The molecule has 2 rings (SSSR count). The zero-order valence-electron chi connectivity index (χ0n) is 17.0. The van der Waals surface area contributed by atoms with Crippen LogP contribution in [0.5, 0.6) is 5.75 Å². The van der Waals surface area contributed by atoms with Crippen molar-refractivity contribution in [2.75, 3.05) is 19.6 Å². The first-order valence-electron chi connectivity index (χ1n) is 9.49. The molecule has 28 heavy (non-hydrogen) atoms. The first-order chi connectivity index (χ1) is 12.9. The first kappa shape index (κ1) is 22.3. The number of hydrogen-bond acceptors (Lipinski definition) is 4. The summed E-state index contributed by atoms with van der Waals surface area (Å²) in [7, 11) is 0. The fourth-order valence-corrected chi connectivity index (χ4v) is 3.48. The van der Waals surface area contributed by atoms with Crippen molar-refractivity contribution in [3.05, 3.63) is 29.8 Å². The summed E-state index contributed by atoms with van der Waals surface area (Å²) in [5.41, 5.74) is 0.387. The monoisotopic (exact) mass is 402 g/mol. The van der Waals surface area contributed by atoms with Crippen LogP contribution < -0.4 is 4.74 Å². The summed E-state index contributed by atoms with van der Waals surface area (Å²) in [6.45, 7) is 11.3. The van der Waals surface area contributed by atoms with Gasteiger partial charge in [0.05, 0.1) is 0 Å². The van der Waals surface area contributed by atoms with Crippen molar-refractivity contribution < 1.29 is 27.4 Å². The Kier molecular flexibility index (Phi) is 6.85. The summed E-state index contributed by atoms with van der Waals surface area (Å²) in [5, 5.41) is 0. The highest BCUT2D eigenvalue weighted by Gasteiger charge is 2.34. The Morgan fingerprint density at radius 2 is 1.79 bits per heavy atom. The van der Waals surface area contributed by atoms with Gasteiger partial charge in [-0.3, -0.25) is 4.90 Å². The third kappa shape index (κ3) is 6.29. The quantitative estimate of drug-likeness (QED) is 0.713. The van der Waals surface area contributed by atoms with Gasteiger partial charge in [-0.05, 0) is 51.8 Å². The second kappa shape index (κ2) is 8.59. The highest BCUT2D eigenvalue weighted by molar-refractivity contribution is 5.68. The van der Waals surface area contributed by atoms with Gasteiger partial charge in [-0.15, -0.1) is 13.2 Å². The molecule has 1 fully saturated rings. The average Bonchev–Trinajstić information content (AvgIpc) is 2.55. The van der Waals surface area contributed by atoms with Crippen molar-refractivity contribution in [3.8, 4) is 5.75 Å². The van der Waals surface area contributed by atoms with Crippen molar-refractivity contribution in [2.45, 2.75) is 65.1 Å². The average molecular weight is 402 g/mol. The minimum atomic E-state index is -4.70. The van der Waals surface area contributed by atoms with E-state index in [-0.39, 0.29) is 23.9 Å². The van der Waals surface area contributed by atoms with Crippen LogP contribution in [0.25, 0.3) is 0 Å². The fraction of sp³-hybridized carbons (Fsp3) is 0.650. The molecule has 0 spiro atoms. The third-order valence-electron chi connectivity index (χ3n) is 4.62. The van der Waals surface area contributed by atoms with E-state index in [1.165, 1.54) is 12.1 Å². The van der Waals surface area contributed by atoms with E-state index in [0.29, 0.717) is 19.6 Å². The van der Waals surface area contributed by atoms with Gasteiger partial charge < -0.3 is 14.4 Å². The molecule has 1 amide bonds. The molecule has 0 aromatic heterocycles. The molecule has 1 saturated heterocycles. The Labute approximate surface area is 164 Å². The molecule has 0 bridgehead atoms. The molecule has 1 heterocycles. The van der Waals surface area contributed by atoms with Gasteiger partial charge in [0.15, 0.2) is 0 Å². The van der Waals surface area contributed by atoms with Gasteiger partial charge >= 0.3 is 12.5 Å². The number of amides is 1. The Balaban J connectivity index is 2.04. The van der Waals surface area contributed by atoms with Gasteiger partial charge in [0, 0.05) is 31.7 Å². The van der Waals surface area contributed by atoms with Crippen molar-refractivity contribution >= 4 is 6.09 Å². The molecule has 0 radical (unpaired) electrons. The van der Waals surface area contributed by atoms with Gasteiger partial charge in [0.1, 0.15) is 11.4 Å². The van der Waals surface area contributed by atoms with Gasteiger partial charge in [-0.2, -0.15) is 0 Å². The molecule has 1 aromatic carbocycles. The Bertz CT molecular complexity index is 656. The molecule has 0 saturated carbocycles. The summed E-state index contributed by atoms with van der Waals surface area (Å²) in [5.74, 6) is -0.228. The van der Waals surface area contributed by atoms with Crippen molar-refractivity contribution in [3.63, 3.8) is 0 Å². The SMILES string of the molecule is CCC(c1ccc(OC(F)(F)F)cc1)N1CCN(C(=O)OC(C)(C)C)CC1C. The number of nitrogens with zero attached hydrogens (tertiary/aromatic N) is 2. The molecule has 1 aliphatic heterocycles. The van der Waals surface area contributed by atoms with Crippen LogP contribution in [-0.2, 0) is 4.74 Å². The largest absolute Gasteiger partial charge is 0.573 e. The summed E-state index contributed by atoms with van der Waals surface area (Å²) in [6, 6.07) is 6.16. The van der Waals surface area contributed by atoms with Crippen LogP contribution in [0.1, 0.15) is 52.6 Å². The molecular formula is C20H29F3N2O3. The lowest BCUT2D eigenvalue weighted by molar-refractivity contribution is -0.274. The summed E-state index contributed by atoms with van der Waals surface area (Å²) >= 11 is 0. The smallest absolute Gasteiger partial charge is 0.444 e. The van der Waals surface area contributed by atoms with E-state index in [4.69, 9.17) is 4.74 Å².